The van der Waals surface area contributed by atoms with Gasteiger partial charge in [-0.25, -0.2) is 4.98 Å². The van der Waals surface area contributed by atoms with E-state index in [2.05, 4.69) is 15.6 Å². The highest BCUT2D eigenvalue weighted by molar-refractivity contribution is 5.75. The molecule has 0 bridgehead atoms. The SMILES string of the molecule is CCn1cc(-c2cccc(N)c2C)nc(Nc2ccc(CNCC(N)=O)cc2)c1=O. The average molecular weight is 406 g/mol. The summed E-state index contributed by atoms with van der Waals surface area (Å²) in [5.74, 6) is -0.155. The molecule has 0 radical (unpaired) electrons. The Morgan fingerprint density at radius 2 is 1.90 bits per heavy atom. The molecule has 1 heterocycles. The standard InChI is InChI=1S/C22H26N6O2/c1-3-28-13-19(17-5-4-6-18(23)14(17)2)27-21(22(28)30)26-16-9-7-15(8-10-16)11-25-12-20(24)29/h4-10,13,25H,3,11-12,23H2,1-2H3,(H2,24,29)(H,26,27). The maximum Gasteiger partial charge on any atom is 0.293 e. The van der Waals surface area contributed by atoms with Crippen LogP contribution in [0.5, 0.6) is 0 Å². The summed E-state index contributed by atoms with van der Waals surface area (Å²) < 4.78 is 1.62. The van der Waals surface area contributed by atoms with E-state index in [1.807, 2.05) is 56.3 Å². The smallest absolute Gasteiger partial charge is 0.293 e. The number of benzene rings is 2. The van der Waals surface area contributed by atoms with Gasteiger partial charge in [-0.05, 0) is 43.2 Å². The summed E-state index contributed by atoms with van der Waals surface area (Å²) in [4.78, 5) is 28.2. The summed E-state index contributed by atoms with van der Waals surface area (Å²) in [6.07, 6.45) is 1.75. The number of aromatic nitrogens is 2. The molecule has 0 saturated heterocycles. The second-order valence-corrected chi connectivity index (χ2v) is 6.98. The molecule has 3 rings (SSSR count). The van der Waals surface area contributed by atoms with Crippen molar-refractivity contribution in [2.75, 3.05) is 17.6 Å². The number of primary amides is 1. The first-order valence-corrected chi connectivity index (χ1v) is 9.71. The number of aryl methyl sites for hydroxylation is 1. The zero-order chi connectivity index (χ0) is 21.7. The first-order valence-electron chi connectivity index (χ1n) is 9.71. The molecule has 0 saturated carbocycles. The first kappa shape index (κ1) is 21.1. The fourth-order valence-corrected chi connectivity index (χ4v) is 3.09. The molecule has 6 N–H and O–H groups in total. The van der Waals surface area contributed by atoms with Crippen LogP contribution in [0.15, 0.2) is 53.5 Å². The van der Waals surface area contributed by atoms with E-state index in [0.29, 0.717) is 24.5 Å². The first-order chi connectivity index (χ1) is 14.4. The van der Waals surface area contributed by atoms with Crippen LogP contribution < -0.4 is 27.7 Å². The van der Waals surface area contributed by atoms with E-state index in [1.54, 1.807) is 10.8 Å². The van der Waals surface area contributed by atoms with Crippen molar-refractivity contribution in [3.8, 4) is 11.3 Å². The third kappa shape index (κ3) is 4.84. The normalized spacial score (nSPS) is 10.7. The van der Waals surface area contributed by atoms with E-state index >= 15 is 0 Å². The van der Waals surface area contributed by atoms with E-state index in [4.69, 9.17) is 11.5 Å². The molecule has 0 aliphatic rings. The van der Waals surface area contributed by atoms with Crippen LogP contribution >= 0.6 is 0 Å². The van der Waals surface area contributed by atoms with Crippen molar-refractivity contribution in [1.82, 2.24) is 14.9 Å². The Morgan fingerprint density at radius 3 is 2.57 bits per heavy atom. The Bertz CT molecular complexity index is 1110. The number of carbonyl (C=O) groups is 1. The maximum atomic E-state index is 12.8. The Kier molecular flexibility index (Phi) is 6.48. The van der Waals surface area contributed by atoms with Gasteiger partial charge in [0.2, 0.25) is 5.91 Å². The van der Waals surface area contributed by atoms with Crippen LogP contribution in [0, 0.1) is 6.92 Å². The van der Waals surface area contributed by atoms with Gasteiger partial charge in [0.25, 0.3) is 5.56 Å². The molecule has 3 aromatic rings. The van der Waals surface area contributed by atoms with Gasteiger partial charge in [0.05, 0.1) is 12.2 Å². The van der Waals surface area contributed by atoms with Gasteiger partial charge in [-0.1, -0.05) is 24.3 Å². The van der Waals surface area contributed by atoms with Gasteiger partial charge < -0.3 is 26.7 Å². The summed E-state index contributed by atoms with van der Waals surface area (Å²) in [5, 5.41) is 6.08. The lowest BCUT2D eigenvalue weighted by Gasteiger charge is -2.13. The number of hydrogen-bond donors (Lipinski definition) is 4. The number of nitrogens with two attached hydrogens (primary N) is 2. The van der Waals surface area contributed by atoms with Crippen LogP contribution in [0.1, 0.15) is 18.1 Å². The molecule has 2 aromatic carbocycles. The number of nitrogens with one attached hydrogen (secondary N) is 2. The third-order valence-corrected chi connectivity index (χ3v) is 4.81. The number of amides is 1. The zero-order valence-corrected chi connectivity index (χ0v) is 17.1. The highest BCUT2D eigenvalue weighted by atomic mass is 16.1. The summed E-state index contributed by atoms with van der Waals surface area (Å²) in [7, 11) is 0. The van der Waals surface area contributed by atoms with Gasteiger partial charge in [-0.15, -0.1) is 0 Å². The molecule has 1 aromatic heterocycles. The molecule has 1 amide bonds. The molecule has 0 unspecified atom stereocenters. The van der Waals surface area contributed by atoms with Crippen LogP contribution in [0.4, 0.5) is 17.2 Å². The second-order valence-electron chi connectivity index (χ2n) is 6.98. The zero-order valence-electron chi connectivity index (χ0n) is 17.1. The Hall–Kier alpha value is -3.65. The van der Waals surface area contributed by atoms with E-state index < -0.39 is 5.91 Å². The highest BCUT2D eigenvalue weighted by Gasteiger charge is 2.12. The lowest BCUT2D eigenvalue weighted by molar-refractivity contribution is -0.117. The fraction of sp³-hybridized carbons (Fsp3) is 0.227. The maximum absolute atomic E-state index is 12.8. The molecule has 0 fully saturated rings. The fourth-order valence-electron chi connectivity index (χ4n) is 3.09. The largest absolute Gasteiger partial charge is 0.398 e. The number of nitrogens with zero attached hydrogens (tertiary/aromatic N) is 2. The van der Waals surface area contributed by atoms with E-state index in [0.717, 1.165) is 22.4 Å². The van der Waals surface area contributed by atoms with E-state index in [1.165, 1.54) is 0 Å². The Labute approximate surface area is 174 Å². The van der Waals surface area contributed by atoms with Crippen molar-refractivity contribution >= 4 is 23.1 Å². The molecule has 0 aliphatic carbocycles. The van der Waals surface area contributed by atoms with Gasteiger partial charge in [-0.3, -0.25) is 9.59 Å². The minimum absolute atomic E-state index is 0.122. The summed E-state index contributed by atoms with van der Waals surface area (Å²) in [6, 6.07) is 13.2. The Morgan fingerprint density at radius 1 is 1.17 bits per heavy atom. The van der Waals surface area contributed by atoms with Crippen molar-refractivity contribution in [1.29, 1.82) is 0 Å². The molecule has 0 aliphatic heterocycles. The third-order valence-electron chi connectivity index (χ3n) is 4.81. The summed E-state index contributed by atoms with van der Waals surface area (Å²) >= 11 is 0. The topological polar surface area (TPSA) is 128 Å². The van der Waals surface area contributed by atoms with Crippen molar-refractivity contribution in [2.24, 2.45) is 5.73 Å². The van der Waals surface area contributed by atoms with Gasteiger partial charge in [0.1, 0.15) is 0 Å². The summed E-state index contributed by atoms with van der Waals surface area (Å²) in [5.41, 5.74) is 15.9. The van der Waals surface area contributed by atoms with Gasteiger partial charge in [0.15, 0.2) is 5.82 Å². The molecule has 0 spiro atoms. The number of hydrogen-bond acceptors (Lipinski definition) is 6. The van der Waals surface area contributed by atoms with Gasteiger partial charge in [0, 0.05) is 36.2 Å². The molecular weight excluding hydrogens is 380 g/mol. The summed E-state index contributed by atoms with van der Waals surface area (Å²) in [6.45, 7) is 5.01. The lowest BCUT2D eigenvalue weighted by atomic mass is 10.0. The molecule has 0 atom stereocenters. The second kappa shape index (κ2) is 9.23. The number of nitrogen functional groups attached to an aromatic ring is 1. The molecule has 30 heavy (non-hydrogen) atoms. The van der Waals surface area contributed by atoms with Crippen molar-refractivity contribution in [3.05, 3.63) is 70.1 Å². The van der Waals surface area contributed by atoms with Gasteiger partial charge in [-0.2, -0.15) is 0 Å². The van der Waals surface area contributed by atoms with E-state index in [9.17, 15) is 9.59 Å². The van der Waals surface area contributed by atoms with Crippen molar-refractivity contribution < 1.29 is 4.79 Å². The predicted octanol–water partition coefficient (Wildman–Crippen LogP) is 2.14. The number of anilines is 3. The van der Waals surface area contributed by atoms with E-state index in [-0.39, 0.29) is 17.9 Å². The van der Waals surface area contributed by atoms with Crippen LogP contribution in [0.3, 0.4) is 0 Å². The number of rotatable bonds is 8. The quantitative estimate of drug-likeness (QED) is 0.424. The average Bonchev–Trinajstić information content (AvgIpc) is 2.72. The molecular formula is C22H26N6O2. The van der Waals surface area contributed by atoms with Crippen LogP contribution in [0.2, 0.25) is 0 Å². The lowest BCUT2D eigenvalue weighted by Crippen LogP contribution is -2.28. The van der Waals surface area contributed by atoms with Crippen molar-refractivity contribution in [3.63, 3.8) is 0 Å². The Balaban J connectivity index is 1.88. The monoisotopic (exact) mass is 406 g/mol. The molecule has 8 heteroatoms. The molecule has 8 nitrogen and oxygen atoms in total. The number of carbonyl (C=O) groups excluding carboxylic acids is 1. The van der Waals surface area contributed by atoms with Crippen LogP contribution in [0.25, 0.3) is 11.3 Å². The minimum Gasteiger partial charge on any atom is -0.398 e. The van der Waals surface area contributed by atoms with Gasteiger partial charge >= 0.3 is 0 Å². The van der Waals surface area contributed by atoms with Crippen LogP contribution in [-0.2, 0) is 17.9 Å². The molecule has 156 valence electrons. The minimum atomic E-state index is -0.401. The predicted molar refractivity (Wildman–Crippen MR) is 119 cm³/mol. The van der Waals surface area contributed by atoms with Crippen molar-refractivity contribution in [2.45, 2.75) is 26.9 Å². The highest BCUT2D eigenvalue weighted by Crippen LogP contribution is 2.26. The van der Waals surface area contributed by atoms with Crippen LogP contribution in [-0.4, -0.2) is 22.0 Å².